The first-order valence-electron chi connectivity index (χ1n) is 7.87. The second-order valence-electron chi connectivity index (χ2n) is 5.95. The molecule has 0 spiro atoms. The lowest BCUT2D eigenvalue weighted by atomic mass is 10.1. The zero-order valence-corrected chi connectivity index (χ0v) is 13.8. The lowest BCUT2D eigenvalue weighted by Crippen LogP contribution is -2.47. The molecule has 2 aliphatic heterocycles. The SMILES string of the molecule is COC(=O)C1CCCN1C(=O)CN1C(=O)c2ccc([N+](=O)[O-])cc2C1=O. The molecule has 10 nitrogen and oxygen atoms in total. The van der Waals surface area contributed by atoms with Crippen LogP contribution in [0.5, 0.6) is 0 Å². The Kier molecular flexibility index (Phi) is 4.41. The fourth-order valence-corrected chi connectivity index (χ4v) is 3.21. The smallest absolute Gasteiger partial charge is 0.328 e. The normalized spacial score (nSPS) is 18.9. The zero-order chi connectivity index (χ0) is 19.0. The molecule has 2 aliphatic rings. The summed E-state index contributed by atoms with van der Waals surface area (Å²) < 4.78 is 4.67. The Bertz CT molecular complexity index is 835. The predicted molar refractivity (Wildman–Crippen MR) is 85.2 cm³/mol. The highest BCUT2D eigenvalue weighted by Gasteiger charge is 2.41. The van der Waals surface area contributed by atoms with E-state index in [-0.39, 0.29) is 16.8 Å². The van der Waals surface area contributed by atoms with Crippen LogP contribution >= 0.6 is 0 Å². The third kappa shape index (κ3) is 2.79. The van der Waals surface area contributed by atoms with Gasteiger partial charge < -0.3 is 9.64 Å². The van der Waals surface area contributed by atoms with Crippen LogP contribution < -0.4 is 0 Å². The van der Waals surface area contributed by atoms with Gasteiger partial charge in [0.2, 0.25) is 5.91 Å². The van der Waals surface area contributed by atoms with Gasteiger partial charge in [0.05, 0.1) is 23.2 Å². The van der Waals surface area contributed by atoms with E-state index >= 15 is 0 Å². The summed E-state index contributed by atoms with van der Waals surface area (Å²) in [7, 11) is 1.22. The Hall–Kier alpha value is -3.30. The molecule has 0 aliphatic carbocycles. The monoisotopic (exact) mass is 361 g/mol. The largest absolute Gasteiger partial charge is 0.467 e. The molecule has 0 aromatic heterocycles. The zero-order valence-electron chi connectivity index (χ0n) is 13.8. The van der Waals surface area contributed by atoms with Gasteiger partial charge in [0.1, 0.15) is 12.6 Å². The van der Waals surface area contributed by atoms with E-state index in [0.717, 1.165) is 17.0 Å². The van der Waals surface area contributed by atoms with E-state index in [1.165, 1.54) is 18.1 Å². The van der Waals surface area contributed by atoms with Gasteiger partial charge in [-0.25, -0.2) is 4.79 Å². The van der Waals surface area contributed by atoms with Crippen molar-refractivity contribution in [3.05, 3.63) is 39.4 Å². The lowest BCUT2D eigenvalue weighted by Gasteiger charge is -2.24. The summed E-state index contributed by atoms with van der Waals surface area (Å²) in [6.45, 7) is -0.207. The summed E-state index contributed by atoms with van der Waals surface area (Å²) in [6, 6.07) is 2.62. The molecule has 1 aromatic carbocycles. The van der Waals surface area contributed by atoms with Crippen LogP contribution in [0.1, 0.15) is 33.6 Å². The Balaban J connectivity index is 1.79. The number of amides is 3. The quantitative estimate of drug-likeness (QED) is 0.328. The van der Waals surface area contributed by atoms with Gasteiger partial charge in [-0.2, -0.15) is 0 Å². The molecule has 1 atom stereocenters. The van der Waals surface area contributed by atoms with Crippen molar-refractivity contribution in [3.8, 4) is 0 Å². The van der Waals surface area contributed by atoms with Crippen molar-refractivity contribution < 1.29 is 28.8 Å². The highest BCUT2D eigenvalue weighted by Crippen LogP contribution is 2.27. The molecule has 2 heterocycles. The molecule has 3 amide bonds. The van der Waals surface area contributed by atoms with E-state index in [9.17, 15) is 29.3 Å². The van der Waals surface area contributed by atoms with Crippen LogP contribution in [0.15, 0.2) is 18.2 Å². The van der Waals surface area contributed by atoms with E-state index < -0.39 is 41.2 Å². The maximum Gasteiger partial charge on any atom is 0.328 e. The summed E-state index contributed by atoms with van der Waals surface area (Å²) in [5.74, 6) is -2.56. The number of nitrogens with zero attached hydrogens (tertiary/aromatic N) is 3. The molecule has 0 N–H and O–H groups in total. The molecular formula is C16H15N3O7. The second kappa shape index (κ2) is 6.54. The Labute approximate surface area is 147 Å². The van der Waals surface area contributed by atoms with E-state index in [2.05, 4.69) is 4.74 Å². The van der Waals surface area contributed by atoms with Crippen molar-refractivity contribution >= 4 is 29.4 Å². The van der Waals surface area contributed by atoms with Gasteiger partial charge in [0.15, 0.2) is 0 Å². The van der Waals surface area contributed by atoms with Gasteiger partial charge in [-0.15, -0.1) is 0 Å². The summed E-state index contributed by atoms with van der Waals surface area (Å²) in [4.78, 5) is 61.3. The topological polar surface area (TPSA) is 127 Å². The number of ether oxygens (including phenoxy) is 1. The number of esters is 1. The van der Waals surface area contributed by atoms with Crippen molar-refractivity contribution in [2.24, 2.45) is 0 Å². The molecule has 10 heteroatoms. The van der Waals surface area contributed by atoms with Crippen molar-refractivity contribution in [1.29, 1.82) is 0 Å². The number of methoxy groups -OCH3 is 1. The maximum atomic E-state index is 12.5. The minimum Gasteiger partial charge on any atom is -0.467 e. The van der Waals surface area contributed by atoms with Gasteiger partial charge in [0.25, 0.3) is 17.5 Å². The van der Waals surface area contributed by atoms with Crippen LogP contribution in [0.25, 0.3) is 0 Å². The summed E-state index contributed by atoms with van der Waals surface area (Å²) in [6.07, 6.45) is 1.06. The molecule has 0 saturated carbocycles. The number of likely N-dealkylation sites (tertiary alicyclic amines) is 1. The number of fused-ring (bicyclic) bond motifs is 1. The fraction of sp³-hybridized carbons (Fsp3) is 0.375. The van der Waals surface area contributed by atoms with Gasteiger partial charge >= 0.3 is 5.97 Å². The summed E-state index contributed by atoms with van der Waals surface area (Å²) in [5.41, 5.74) is -0.411. The number of hydrogen-bond acceptors (Lipinski definition) is 7. The number of carbonyl (C=O) groups is 4. The predicted octanol–water partition coefficient (Wildman–Crippen LogP) is 0.355. The van der Waals surface area contributed by atoms with E-state index in [4.69, 9.17) is 0 Å². The molecular weight excluding hydrogens is 346 g/mol. The standard InChI is InChI=1S/C16H15N3O7/c1-26-16(23)12-3-2-6-17(12)13(20)8-18-14(21)10-5-4-9(19(24)25)7-11(10)15(18)22/h4-5,7,12H,2-3,6,8H2,1H3. The number of nitro groups is 1. The minimum atomic E-state index is -0.768. The maximum absolute atomic E-state index is 12.5. The van der Waals surface area contributed by atoms with E-state index in [1.807, 2.05) is 0 Å². The van der Waals surface area contributed by atoms with Gasteiger partial charge in [-0.3, -0.25) is 29.4 Å². The van der Waals surface area contributed by atoms with E-state index in [1.54, 1.807) is 0 Å². The molecule has 1 unspecified atom stereocenters. The highest BCUT2D eigenvalue weighted by atomic mass is 16.6. The Morgan fingerprint density at radius 2 is 1.96 bits per heavy atom. The van der Waals surface area contributed by atoms with Crippen LogP contribution in [0, 0.1) is 10.1 Å². The number of benzene rings is 1. The Morgan fingerprint density at radius 3 is 2.62 bits per heavy atom. The average molecular weight is 361 g/mol. The van der Waals surface area contributed by atoms with Crippen molar-refractivity contribution in [2.45, 2.75) is 18.9 Å². The minimum absolute atomic E-state index is 0.0133. The van der Waals surface area contributed by atoms with Crippen molar-refractivity contribution in [2.75, 3.05) is 20.2 Å². The lowest BCUT2D eigenvalue weighted by molar-refractivity contribution is -0.384. The van der Waals surface area contributed by atoms with Crippen LogP contribution in [0.2, 0.25) is 0 Å². The van der Waals surface area contributed by atoms with Crippen LogP contribution in [-0.2, 0) is 14.3 Å². The van der Waals surface area contributed by atoms with Crippen LogP contribution in [0.4, 0.5) is 5.69 Å². The van der Waals surface area contributed by atoms with E-state index in [0.29, 0.717) is 19.4 Å². The third-order valence-corrected chi connectivity index (χ3v) is 4.50. The number of hydrogen-bond donors (Lipinski definition) is 0. The first-order valence-corrected chi connectivity index (χ1v) is 7.87. The molecule has 3 rings (SSSR count). The van der Waals surface area contributed by atoms with Gasteiger partial charge in [-0.05, 0) is 18.9 Å². The first kappa shape index (κ1) is 17.5. The molecule has 26 heavy (non-hydrogen) atoms. The first-order chi connectivity index (χ1) is 12.3. The summed E-state index contributed by atoms with van der Waals surface area (Å²) in [5, 5.41) is 10.8. The van der Waals surface area contributed by atoms with Crippen molar-refractivity contribution in [3.63, 3.8) is 0 Å². The molecule has 1 fully saturated rings. The molecule has 0 bridgehead atoms. The number of nitro benzene ring substituents is 1. The number of imide groups is 1. The van der Waals surface area contributed by atoms with Crippen molar-refractivity contribution in [1.82, 2.24) is 9.80 Å². The number of non-ortho nitro benzene ring substituents is 1. The van der Waals surface area contributed by atoms with Gasteiger partial charge in [-0.1, -0.05) is 0 Å². The summed E-state index contributed by atoms with van der Waals surface area (Å²) >= 11 is 0. The van der Waals surface area contributed by atoms with Gasteiger partial charge in [0, 0.05) is 18.7 Å². The number of carbonyl (C=O) groups excluding carboxylic acids is 4. The van der Waals surface area contributed by atoms with Crippen LogP contribution in [0.3, 0.4) is 0 Å². The third-order valence-electron chi connectivity index (χ3n) is 4.50. The average Bonchev–Trinajstić information content (AvgIpc) is 3.20. The highest BCUT2D eigenvalue weighted by molar-refractivity contribution is 6.22. The second-order valence-corrected chi connectivity index (χ2v) is 5.95. The molecule has 0 radical (unpaired) electrons. The molecule has 136 valence electrons. The molecule has 1 aromatic rings. The fourth-order valence-electron chi connectivity index (χ4n) is 3.21. The Morgan fingerprint density at radius 1 is 1.27 bits per heavy atom. The molecule has 1 saturated heterocycles. The van der Waals surface area contributed by atoms with Crippen LogP contribution in [-0.4, -0.2) is 64.7 Å². The number of rotatable bonds is 4.